The monoisotopic (exact) mass is 248 g/mol. The van der Waals surface area contributed by atoms with E-state index in [2.05, 4.69) is 11.6 Å². The SMILES string of the molecule is C=CCO[C@H](C)C(=O)N1CCC[C@H]1c1ccc[nH]1. The number of nitrogens with zero attached hydrogens (tertiary/aromatic N) is 1. The van der Waals surface area contributed by atoms with Crippen LogP contribution in [0.2, 0.25) is 0 Å². The third kappa shape index (κ3) is 2.64. The average molecular weight is 248 g/mol. The maximum Gasteiger partial charge on any atom is 0.251 e. The van der Waals surface area contributed by atoms with Crippen molar-refractivity contribution in [2.75, 3.05) is 13.2 Å². The van der Waals surface area contributed by atoms with Crippen molar-refractivity contribution >= 4 is 5.91 Å². The minimum atomic E-state index is -0.404. The smallest absolute Gasteiger partial charge is 0.251 e. The molecular formula is C14H20N2O2. The van der Waals surface area contributed by atoms with Crippen LogP contribution in [0, 0.1) is 0 Å². The molecule has 0 aliphatic carbocycles. The van der Waals surface area contributed by atoms with Crippen LogP contribution in [0.1, 0.15) is 31.5 Å². The van der Waals surface area contributed by atoms with Gasteiger partial charge in [-0.25, -0.2) is 0 Å². The number of nitrogens with one attached hydrogen (secondary N) is 1. The first kappa shape index (κ1) is 12.9. The van der Waals surface area contributed by atoms with E-state index >= 15 is 0 Å². The summed E-state index contributed by atoms with van der Waals surface area (Å²) in [6.45, 7) is 6.61. The van der Waals surface area contributed by atoms with Crippen LogP contribution in [0.3, 0.4) is 0 Å². The lowest BCUT2D eigenvalue weighted by Crippen LogP contribution is -2.38. The van der Waals surface area contributed by atoms with Crippen LogP contribution in [0.25, 0.3) is 0 Å². The fourth-order valence-corrected chi connectivity index (χ4v) is 2.42. The Balaban J connectivity index is 2.02. The van der Waals surface area contributed by atoms with Crippen molar-refractivity contribution in [1.29, 1.82) is 0 Å². The van der Waals surface area contributed by atoms with Crippen molar-refractivity contribution < 1.29 is 9.53 Å². The van der Waals surface area contributed by atoms with Crippen molar-refractivity contribution in [2.24, 2.45) is 0 Å². The van der Waals surface area contributed by atoms with E-state index < -0.39 is 6.10 Å². The highest BCUT2D eigenvalue weighted by Gasteiger charge is 2.32. The molecule has 0 aromatic carbocycles. The number of hydrogen-bond acceptors (Lipinski definition) is 2. The van der Waals surface area contributed by atoms with Crippen LogP contribution in [-0.2, 0) is 9.53 Å². The second kappa shape index (κ2) is 5.87. The van der Waals surface area contributed by atoms with Crippen molar-refractivity contribution in [3.05, 3.63) is 36.7 Å². The molecule has 0 saturated carbocycles. The number of amides is 1. The van der Waals surface area contributed by atoms with Crippen LogP contribution in [0.5, 0.6) is 0 Å². The molecule has 0 radical (unpaired) electrons. The van der Waals surface area contributed by atoms with Crippen LogP contribution in [0.4, 0.5) is 0 Å². The van der Waals surface area contributed by atoms with Crippen LogP contribution in [-0.4, -0.2) is 35.0 Å². The number of aromatic amines is 1. The van der Waals surface area contributed by atoms with Gasteiger partial charge in [0.1, 0.15) is 6.10 Å². The van der Waals surface area contributed by atoms with Gasteiger partial charge in [-0.3, -0.25) is 4.79 Å². The number of rotatable bonds is 5. The van der Waals surface area contributed by atoms with Gasteiger partial charge >= 0.3 is 0 Å². The molecule has 2 heterocycles. The molecule has 1 N–H and O–H groups in total. The van der Waals surface area contributed by atoms with Crippen molar-refractivity contribution in [2.45, 2.75) is 31.9 Å². The second-order valence-electron chi connectivity index (χ2n) is 4.58. The third-order valence-corrected chi connectivity index (χ3v) is 3.33. The van der Waals surface area contributed by atoms with Gasteiger partial charge in [-0.2, -0.15) is 0 Å². The van der Waals surface area contributed by atoms with Gasteiger partial charge < -0.3 is 14.6 Å². The fourth-order valence-electron chi connectivity index (χ4n) is 2.42. The zero-order valence-corrected chi connectivity index (χ0v) is 10.8. The van der Waals surface area contributed by atoms with Crippen molar-refractivity contribution in [3.63, 3.8) is 0 Å². The maximum atomic E-state index is 12.3. The molecule has 98 valence electrons. The van der Waals surface area contributed by atoms with Gasteiger partial charge in [0.25, 0.3) is 5.91 Å². The van der Waals surface area contributed by atoms with Gasteiger partial charge in [-0.15, -0.1) is 6.58 Å². The molecular weight excluding hydrogens is 228 g/mol. The van der Waals surface area contributed by atoms with E-state index in [1.807, 2.05) is 23.2 Å². The molecule has 1 saturated heterocycles. The van der Waals surface area contributed by atoms with Crippen molar-refractivity contribution in [3.8, 4) is 0 Å². The molecule has 1 aliphatic heterocycles. The molecule has 1 aromatic heterocycles. The van der Waals surface area contributed by atoms with Gasteiger partial charge in [-0.05, 0) is 31.9 Å². The highest BCUT2D eigenvalue weighted by atomic mass is 16.5. The van der Waals surface area contributed by atoms with Gasteiger partial charge in [0.05, 0.1) is 12.6 Å². The minimum absolute atomic E-state index is 0.0638. The van der Waals surface area contributed by atoms with E-state index in [1.165, 1.54) is 0 Å². The van der Waals surface area contributed by atoms with E-state index in [-0.39, 0.29) is 11.9 Å². The van der Waals surface area contributed by atoms with E-state index in [0.29, 0.717) is 6.61 Å². The Bertz CT molecular complexity index is 400. The summed E-state index contributed by atoms with van der Waals surface area (Å²) in [5.41, 5.74) is 1.11. The van der Waals surface area contributed by atoms with E-state index in [4.69, 9.17) is 4.74 Å². The zero-order valence-electron chi connectivity index (χ0n) is 10.8. The molecule has 1 fully saturated rings. The Morgan fingerprint density at radius 1 is 1.78 bits per heavy atom. The third-order valence-electron chi connectivity index (χ3n) is 3.33. The number of carbonyl (C=O) groups is 1. The summed E-state index contributed by atoms with van der Waals surface area (Å²) in [6, 6.07) is 4.17. The molecule has 4 heteroatoms. The second-order valence-corrected chi connectivity index (χ2v) is 4.58. The lowest BCUT2D eigenvalue weighted by molar-refractivity contribution is -0.143. The van der Waals surface area contributed by atoms with Crippen LogP contribution >= 0.6 is 0 Å². The molecule has 4 nitrogen and oxygen atoms in total. The highest BCUT2D eigenvalue weighted by Crippen LogP contribution is 2.31. The summed E-state index contributed by atoms with van der Waals surface area (Å²) in [5.74, 6) is 0.0638. The number of aromatic nitrogens is 1. The first-order chi connectivity index (χ1) is 8.74. The normalized spacial score (nSPS) is 20.9. The predicted octanol–water partition coefficient (Wildman–Crippen LogP) is 2.27. The van der Waals surface area contributed by atoms with E-state index in [9.17, 15) is 4.79 Å². The molecule has 1 aromatic rings. The summed E-state index contributed by atoms with van der Waals surface area (Å²) in [6.07, 6.45) is 5.22. The number of likely N-dealkylation sites (tertiary alicyclic amines) is 1. The number of H-pyrrole nitrogens is 1. The number of ether oxygens (including phenoxy) is 1. The molecule has 18 heavy (non-hydrogen) atoms. The largest absolute Gasteiger partial charge is 0.365 e. The summed E-state index contributed by atoms with van der Waals surface area (Å²) in [4.78, 5) is 17.4. The Hall–Kier alpha value is -1.55. The van der Waals surface area contributed by atoms with Crippen LogP contribution in [0.15, 0.2) is 31.0 Å². The van der Waals surface area contributed by atoms with Gasteiger partial charge in [0.15, 0.2) is 0 Å². The van der Waals surface area contributed by atoms with E-state index in [0.717, 1.165) is 25.1 Å². The first-order valence-electron chi connectivity index (χ1n) is 6.40. The summed E-state index contributed by atoms with van der Waals surface area (Å²) in [5, 5.41) is 0. The predicted molar refractivity (Wildman–Crippen MR) is 70.1 cm³/mol. The summed E-state index contributed by atoms with van der Waals surface area (Å²) >= 11 is 0. The Kier molecular flexibility index (Phi) is 4.20. The molecule has 1 aliphatic rings. The molecule has 1 amide bonds. The highest BCUT2D eigenvalue weighted by molar-refractivity contribution is 5.81. The quantitative estimate of drug-likeness (QED) is 0.812. The first-order valence-corrected chi connectivity index (χ1v) is 6.40. The Morgan fingerprint density at radius 2 is 2.61 bits per heavy atom. The van der Waals surface area contributed by atoms with Gasteiger partial charge in [-0.1, -0.05) is 6.08 Å². The van der Waals surface area contributed by atoms with Crippen LogP contribution < -0.4 is 0 Å². The Morgan fingerprint density at radius 3 is 3.28 bits per heavy atom. The Labute approximate surface area is 108 Å². The average Bonchev–Trinajstić information content (AvgIpc) is 3.03. The minimum Gasteiger partial charge on any atom is -0.365 e. The van der Waals surface area contributed by atoms with Gasteiger partial charge in [0, 0.05) is 18.4 Å². The fraction of sp³-hybridized carbons (Fsp3) is 0.500. The lowest BCUT2D eigenvalue weighted by atomic mass is 10.1. The summed E-state index contributed by atoms with van der Waals surface area (Å²) < 4.78 is 5.41. The molecule has 2 rings (SSSR count). The number of hydrogen-bond donors (Lipinski definition) is 1. The molecule has 2 atom stereocenters. The molecule has 0 bridgehead atoms. The van der Waals surface area contributed by atoms with E-state index in [1.54, 1.807) is 13.0 Å². The lowest BCUT2D eigenvalue weighted by Gasteiger charge is -2.26. The topological polar surface area (TPSA) is 45.3 Å². The molecule has 0 spiro atoms. The zero-order chi connectivity index (χ0) is 13.0. The summed E-state index contributed by atoms with van der Waals surface area (Å²) in [7, 11) is 0. The number of carbonyl (C=O) groups excluding carboxylic acids is 1. The maximum absolute atomic E-state index is 12.3. The van der Waals surface area contributed by atoms with Crippen molar-refractivity contribution in [1.82, 2.24) is 9.88 Å². The molecule has 0 unspecified atom stereocenters. The van der Waals surface area contributed by atoms with Gasteiger partial charge in [0.2, 0.25) is 0 Å². The standard InChI is InChI=1S/C14H20N2O2/c1-3-10-18-11(2)14(17)16-9-5-7-13(16)12-6-4-8-15-12/h3-4,6,8,11,13,15H,1,5,7,9-10H2,2H3/t11-,13+/m1/s1.